The van der Waals surface area contributed by atoms with Gasteiger partial charge < -0.3 is 9.53 Å². The van der Waals surface area contributed by atoms with Crippen molar-refractivity contribution >= 4 is 6.47 Å². The van der Waals surface area contributed by atoms with Crippen LogP contribution in [0.3, 0.4) is 0 Å². The van der Waals surface area contributed by atoms with Gasteiger partial charge in [0.1, 0.15) is 0 Å². The Kier molecular flexibility index (Phi) is 15.9. The largest absolute Gasteiger partial charge is 1.00 e. The fourth-order valence-electron chi connectivity index (χ4n) is 0. The maximum Gasteiger partial charge on any atom is 1.00 e. The third kappa shape index (κ3) is 14.0. The molecular weight excluding hydrogens is 164 g/mol. The molecule has 0 aromatic heterocycles. The maximum atomic E-state index is 8.83. The number of carbonyl (C=O) groups excluding carboxylic acids is 1. The van der Waals surface area contributed by atoms with E-state index in [4.69, 9.17) is 4.79 Å². The Morgan fingerprint density at radius 2 is 2.00 bits per heavy atom. The van der Waals surface area contributed by atoms with E-state index in [9.17, 15) is 0 Å². The summed E-state index contributed by atoms with van der Waals surface area (Å²) in [4.78, 5) is 8.83. The number of ether oxygens (including phenoxy) is 1. The molecule has 3 heteroatoms. The second-order valence-electron chi connectivity index (χ2n) is 0.287. The third-order valence-corrected chi connectivity index (χ3v) is 0.0833. The zero-order valence-corrected chi connectivity index (χ0v) is 4.10. The van der Waals surface area contributed by atoms with Crippen LogP contribution in [0, 0.1) is 0 Å². The molecule has 5 heavy (non-hydrogen) atoms. The van der Waals surface area contributed by atoms with Gasteiger partial charge in [0.2, 0.25) is 0 Å². The molecule has 0 aliphatic heterocycles. The quantitative estimate of drug-likeness (QED) is 0.395. The Morgan fingerprint density at radius 3 is 2.00 bits per heavy atom. The molecule has 0 radical (unpaired) electrons. The average molecular weight is 167 g/mol. The maximum absolute atomic E-state index is 8.83. The predicted octanol–water partition coefficient (Wildman–Crippen LogP) is -0.302. The molecule has 0 saturated heterocycles. The van der Waals surface area contributed by atoms with Crippen molar-refractivity contribution in [3.8, 4) is 0 Å². The van der Waals surface area contributed by atoms with E-state index in [1.807, 2.05) is 0 Å². The van der Waals surface area contributed by atoms with Gasteiger partial charge in [0, 0.05) is 7.11 Å². The summed E-state index contributed by atoms with van der Waals surface area (Å²) in [7, 11) is 1.26. The van der Waals surface area contributed by atoms with E-state index in [0.717, 1.165) is 0 Å². The first-order chi connectivity index (χ1) is 1.91. The van der Waals surface area contributed by atoms with Crippen molar-refractivity contribution in [3.63, 3.8) is 0 Å². The van der Waals surface area contributed by atoms with Gasteiger partial charge in [0.05, 0.1) is 0 Å². The molecule has 0 fully saturated rings. The summed E-state index contributed by atoms with van der Waals surface area (Å²) in [5.74, 6) is 0. The van der Waals surface area contributed by atoms with E-state index in [-0.39, 0.29) is 22.4 Å². The first kappa shape index (κ1) is 8.96. The molecule has 0 atom stereocenters. The SMILES string of the molecule is CO[C-]=O.[Ag+]. The molecule has 34 valence electrons. The summed E-state index contributed by atoms with van der Waals surface area (Å²) in [6.07, 6.45) is 0. The van der Waals surface area contributed by atoms with Crippen LogP contribution in [-0.4, -0.2) is 13.6 Å². The average Bonchev–Trinajstić information content (AvgIpc) is 1.37. The van der Waals surface area contributed by atoms with Gasteiger partial charge in [0.15, 0.2) is 0 Å². The molecule has 0 aromatic rings. The van der Waals surface area contributed by atoms with Gasteiger partial charge in [-0.1, -0.05) is 6.47 Å². The van der Waals surface area contributed by atoms with Crippen LogP contribution in [0.25, 0.3) is 0 Å². The minimum atomic E-state index is 0. The first-order valence-corrected chi connectivity index (χ1v) is 0.816. The summed E-state index contributed by atoms with van der Waals surface area (Å²) in [6.45, 7) is 1.18. The number of rotatable bonds is 1. The molecule has 2 nitrogen and oxygen atoms in total. The van der Waals surface area contributed by atoms with E-state index >= 15 is 0 Å². The molecule has 0 amide bonds. The topological polar surface area (TPSA) is 26.3 Å². The Morgan fingerprint density at radius 1 is 1.80 bits per heavy atom. The standard InChI is InChI=1S/C2H3O2.Ag/c1-4-2-3;/h1H3;/q-1;+1. The summed E-state index contributed by atoms with van der Waals surface area (Å²) in [5.41, 5.74) is 0. The number of hydrogen-bond acceptors (Lipinski definition) is 2. The number of hydrogen-bond donors (Lipinski definition) is 0. The fraction of sp³-hybridized carbons (Fsp3) is 0.500. The van der Waals surface area contributed by atoms with Gasteiger partial charge in [-0.25, -0.2) is 0 Å². The van der Waals surface area contributed by atoms with E-state index < -0.39 is 0 Å². The van der Waals surface area contributed by atoms with E-state index in [2.05, 4.69) is 4.74 Å². The van der Waals surface area contributed by atoms with Crippen LogP contribution in [0.5, 0.6) is 0 Å². The smallest absolute Gasteiger partial charge is 0.655 e. The van der Waals surface area contributed by atoms with Gasteiger partial charge >= 0.3 is 22.4 Å². The van der Waals surface area contributed by atoms with Gasteiger partial charge in [-0.15, -0.1) is 0 Å². The zero-order valence-electron chi connectivity index (χ0n) is 2.62. The van der Waals surface area contributed by atoms with E-state index in [0.29, 0.717) is 0 Å². The Labute approximate surface area is 46.0 Å². The molecule has 0 heterocycles. The van der Waals surface area contributed by atoms with Gasteiger partial charge in [-0.3, -0.25) is 0 Å². The number of methoxy groups -OCH3 is 1. The summed E-state index contributed by atoms with van der Waals surface area (Å²) in [6, 6.07) is 0. The predicted molar refractivity (Wildman–Crippen MR) is 12.7 cm³/mol. The molecular formula is C2H3AgO2. The van der Waals surface area contributed by atoms with Gasteiger partial charge in [0.25, 0.3) is 0 Å². The van der Waals surface area contributed by atoms with Crippen LogP contribution in [0.4, 0.5) is 0 Å². The second kappa shape index (κ2) is 8.88. The van der Waals surface area contributed by atoms with Crippen molar-refractivity contribution in [2.45, 2.75) is 0 Å². The van der Waals surface area contributed by atoms with Crippen LogP contribution in [0.1, 0.15) is 0 Å². The van der Waals surface area contributed by atoms with Crippen LogP contribution >= 0.6 is 0 Å². The normalized spacial score (nSPS) is 4.20. The van der Waals surface area contributed by atoms with Crippen molar-refractivity contribution < 1.29 is 31.9 Å². The molecule has 0 aliphatic carbocycles. The minimum absolute atomic E-state index is 0. The molecule has 0 rings (SSSR count). The van der Waals surface area contributed by atoms with Crippen molar-refractivity contribution in [1.82, 2.24) is 0 Å². The monoisotopic (exact) mass is 166 g/mol. The first-order valence-electron chi connectivity index (χ1n) is 0.816. The fourth-order valence-corrected chi connectivity index (χ4v) is 0. The van der Waals surface area contributed by atoms with Crippen LogP contribution in [0.2, 0.25) is 0 Å². The van der Waals surface area contributed by atoms with Crippen molar-refractivity contribution in [2.75, 3.05) is 7.11 Å². The van der Waals surface area contributed by atoms with Gasteiger partial charge in [-0.05, 0) is 0 Å². The molecule has 0 saturated carbocycles. The summed E-state index contributed by atoms with van der Waals surface area (Å²) in [5, 5.41) is 0. The molecule has 0 spiro atoms. The summed E-state index contributed by atoms with van der Waals surface area (Å²) < 4.78 is 3.74. The third-order valence-electron chi connectivity index (χ3n) is 0.0833. The minimum Gasteiger partial charge on any atom is -0.655 e. The molecule has 0 bridgehead atoms. The van der Waals surface area contributed by atoms with E-state index in [1.54, 1.807) is 0 Å². The van der Waals surface area contributed by atoms with Gasteiger partial charge in [-0.2, -0.15) is 0 Å². The van der Waals surface area contributed by atoms with Crippen molar-refractivity contribution in [2.24, 2.45) is 0 Å². The zero-order chi connectivity index (χ0) is 3.41. The Bertz CT molecular complexity index is 21.6. The molecule has 0 N–H and O–H groups in total. The molecule has 0 aromatic carbocycles. The Balaban J connectivity index is 0. The van der Waals surface area contributed by atoms with Crippen LogP contribution in [-0.2, 0) is 31.9 Å². The molecule has 0 aliphatic rings. The van der Waals surface area contributed by atoms with Crippen LogP contribution in [0.15, 0.2) is 0 Å². The Hall–Kier alpha value is 0.210. The second-order valence-corrected chi connectivity index (χ2v) is 0.287. The van der Waals surface area contributed by atoms with Crippen LogP contribution < -0.4 is 0 Å². The van der Waals surface area contributed by atoms with Crippen molar-refractivity contribution in [3.05, 3.63) is 0 Å². The molecule has 0 unspecified atom stereocenters. The van der Waals surface area contributed by atoms with Crippen molar-refractivity contribution in [1.29, 1.82) is 0 Å². The van der Waals surface area contributed by atoms with E-state index in [1.165, 1.54) is 13.6 Å². The summed E-state index contributed by atoms with van der Waals surface area (Å²) >= 11 is 0.